The number of nitrogens with one attached hydrogen (secondary N) is 3. The number of carbonyl (C=O) groups is 1. The van der Waals surface area contributed by atoms with E-state index in [9.17, 15) is 4.79 Å². The van der Waals surface area contributed by atoms with Crippen LogP contribution in [-0.2, 0) is 4.79 Å². The smallest absolute Gasteiger partial charge is 0.241 e. The van der Waals surface area contributed by atoms with Crippen molar-refractivity contribution in [1.82, 2.24) is 20.7 Å². The molecule has 102 valence electrons. The zero-order valence-electron chi connectivity index (χ0n) is 10.3. The Labute approximate surface area is 116 Å². The van der Waals surface area contributed by atoms with Gasteiger partial charge in [-0.1, -0.05) is 6.42 Å². The predicted octanol–water partition coefficient (Wildman–Crippen LogP) is 1.46. The van der Waals surface area contributed by atoms with Gasteiger partial charge in [0.25, 0.3) is 0 Å². The Morgan fingerprint density at radius 3 is 2.89 bits per heavy atom. The number of rotatable bonds is 2. The largest absolute Gasteiger partial charge is 0.325 e. The van der Waals surface area contributed by atoms with Gasteiger partial charge in [0.2, 0.25) is 5.91 Å². The third kappa shape index (κ3) is 3.02. The molecular formula is C12H16ClN5O. The predicted molar refractivity (Wildman–Crippen MR) is 75.4 cm³/mol. The number of aromatic nitrogens is 3. The van der Waals surface area contributed by atoms with Crippen LogP contribution in [0, 0.1) is 0 Å². The monoisotopic (exact) mass is 281 g/mol. The van der Waals surface area contributed by atoms with Crippen LogP contribution in [0.3, 0.4) is 0 Å². The van der Waals surface area contributed by atoms with Crippen LogP contribution < -0.4 is 10.6 Å². The van der Waals surface area contributed by atoms with E-state index in [1.165, 1.54) is 0 Å². The van der Waals surface area contributed by atoms with Crippen molar-refractivity contribution >= 4 is 35.0 Å². The molecule has 3 rings (SSSR count). The number of halogens is 1. The second kappa shape index (κ2) is 5.99. The summed E-state index contributed by atoms with van der Waals surface area (Å²) in [5.41, 5.74) is 2.31. The van der Waals surface area contributed by atoms with E-state index < -0.39 is 0 Å². The molecule has 1 aromatic carbocycles. The maximum atomic E-state index is 12.0. The molecule has 0 saturated carbocycles. The topological polar surface area (TPSA) is 82.7 Å². The summed E-state index contributed by atoms with van der Waals surface area (Å²) in [5.74, 6) is 0.0255. The summed E-state index contributed by atoms with van der Waals surface area (Å²) in [6.07, 6.45) is 3.15. The van der Waals surface area contributed by atoms with Crippen molar-refractivity contribution in [1.29, 1.82) is 0 Å². The molecule has 1 fully saturated rings. The van der Waals surface area contributed by atoms with Gasteiger partial charge in [0.05, 0.1) is 6.04 Å². The number of hydrogen-bond acceptors (Lipinski definition) is 4. The summed E-state index contributed by atoms with van der Waals surface area (Å²) < 4.78 is 0. The molecular weight excluding hydrogens is 266 g/mol. The number of aromatic amines is 1. The lowest BCUT2D eigenvalue weighted by Gasteiger charge is -2.22. The van der Waals surface area contributed by atoms with Crippen molar-refractivity contribution in [2.75, 3.05) is 11.9 Å². The number of fused-ring (bicyclic) bond motifs is 1. The first kappa shape index (κ1) is 13.8. The van der Waals surface area contributed by atoms with Crippen LogP contribution >= 0.6 is 12.4 Å². The second-order valence-electron chi connectivity index (χ2n) is 4.52. The molecule has 3 N–H and O–H groups in total. The Morgan fingerprint density at radius 2 is 2.11 bits per heavy atom. The number of H-pyrrole nitrogens is 1. The highest BCUT2D eigenvalue weighted by Gasteiger charge is 2.20. The Balaban J connectivity index is 0.00000133. The minimum absolute atomic E-state index is 0. The number of nitrogens with zero attached hydrogens (tertiary/aromatic N) is 2. The molecule has 0 aliphatic carbocycles. The van der Waals surface area contributed by atoms with E-state index in [0.29, 0.717) is 0 Å². The summed E-state index contributed by atoms with van der Waals surface area (Å²) >= 11 is 0. The van der Waals surface area contributed by atoms with Gasteiger partial charge in [-0.05, 0) is 37.6 Å². The van der Waals surface area contributed by atoms with Crippen molar-refractivity contribution in [3.63, 3.8) is 0 Å². The van der Waals surface area contributed by atoms with Crippen LogP contribution in [-0.4, -0.2) is 33.9 Å². The van der Waals surface area contributed by atoms with Crippen LogP contribution in [0.1, 0.15) is 19.3 Å². The fourth-order valence-corrected chi connectivity index (χ4v) is 2.22. The molecule has 7 heteroatoms. The standard InChI is InChI=1S/C12H15N5O.ClH/c18-12(10-3-1-2-6-13-10)14-8-4-5-9-11(7-8)16-17-15-9;/h4-5,7,10,13H,1-3,6H2,(H,14,18)(H,15,16,17);1H. The maximum Gasteiger partial charge on any atom is 0.241 e. The lowest BCUT2D eigenvalue weighted by atomic mass is 10.0. The van der Waals surface area contributed by atoms with Crippen LogP contribution in [0.25, 0.3) is 11.0 Å². The molecule has 1 aliphatic rings. The zero-order valence-corrected chi connectivity index (χ0v) is 11.2. The minimum atomic E-state index is -0.0771. The average molecular weight is 282 g/mol. The first-order chi connectivity index (χ1) is 8.83. The molecule has 1 saturated heterocycles. The number of piperidine rings is 1. The lowest BCUT2D eigenvalue weighted by molar-refractivity contribution is -0.118. The summed E-state index contributed by atoms with van der Waals surface area (Å²) in [7, 11) is 0. The second-order valence-corrected chi connectivity index (χ2v) is 4.52. The molecule has 1 unspecified atom stereocenters. The molecule has 2 heterocycles. The molecule has 1 aliphatic heterocycles. The summed E-state index contributed by atoms with van der Waals surface area (Å²) in [6, 6.07) is 5.42. The van der Waals surface area contributed by atoms with E-state index in [-0.39, 0.29) is 24.4 Å². The molecule has 0 radical (unpaired) electrons. The van der Waals surface area contributed by atoms with Crippen LogP contribution in [0.15, 0.2) is 18.2 Å². The Kier molecular flexibility index (Phi) is 4.34. The minimum Gasteiger partial charge on any atom is -0.325 e. The fourth-order valence-electron chi connectivity index (χ4n) is 2.22. The summed E-state index contributed by atoms with van der Waals surface area (Å²) in [6.45, 7) is 0.917. The van der Waals surface area contributed by atoms with E-state index >= 15 is 0 Å². The van der Waals surface area contributed by atoms with E-state index in [2.05, 4.69) is 26.0 Å². The van der Waals surface area contributed by atoms with E-state index in [0.717, 1.165) is 42.5 Å². The third-order valence-corrected chi connectivity index (χ3v) is 3.21. The van der Waals surface area contributed by atoms with Gasteiger partial charge in [-0.15, -0.1) is 12.4 Å². The van der Waals surface area contributed by atoms with Gasteiger partial charge in [0.1, 0.15) is 11.0 Å². The van der Waals surface area contributed by atoms with Crippen molar-refractivity contribution in [3.05, 3.63) is 18.2 Å². The molecule has 2 aromatic rings. The zero-order chi connectivity index (χ0) is 12.4. The maximum absolute atomic E-state index is 12.0. The normalized spacial score (nSPS) is 18.8. The summed E-state index contributed by atoms with van der Waals surface area (Å²) in [4.78, 5) is 12.0. The fraction of sp³-hybridized carbons (Fsp3) is 0.417. The van der Waals surface area contributed by atoms with Crippen LogP contribution in [0.2, 0.25) is 0 Å². The van der Waals surface area contributed by atoms with Gasteiger partial charge in [-0.3, -0.25) is 4.79 Å². The average Bonchev–Trinajstić information content (AvgIpc) is 2.87. The quantitative estimate of drug-likeness (QED) is 0.778. The van der Waals surface area contributed by atoms with Crippen LogP contribution in [0.5, 0.6) is 0 Å². The Morgan fingerprint density at radius 1 is 1.26 bits per heavy atom. The number of amides is 1. The molecule has 19 heavy (non-hydrogen) atoms. The van der Waals surface area contributed by atoms with E-state index in [1.54, 1.807) is 0 Å². The molecule has 6 nitrogen and oxygen atoms in total. The van der Waals surface area contributed by atoms with Crippen LogP contribution in [0.4, 0.5) is 5.69 Å². The van der Waals surface area contributed by atoms with Gasteiger partial charge in [0, 0.05) is 5.69 Å². The number of anilines is 1. The van der Waals surface area contributed by atoms with E-state index in [4.69, 9.17) is 0 Å². The first-order valence-electron chi connectivity index (χ1n) is 6.18. The number of benzene rings is 1. The Hall–Kier alpha value is -1.66. The highest BCUT2D eigenvalue weighted by Crippen LogP contribution is 2.16. The van der Waals surface area contributed by atoms with Gasteiger partial charge in [0.15, 0.2) is 0 Å². The van der Waals surface area contributed by atoms with Gasteiger partial charge in [-0.25, -0.2) is 0 Å². The summed E-state index contributed by atoms with van der Waals surface area (Å²) in [5, 5.41) is 16.7. The first-order valence-corrected chi connectivity index (χ1v) is 6.18. The molecule has 0 spiro atoms. The highest BCUT2D eigenvalue weighted by atomic mass is 35.5. The van der Waals surface area contributed by atoms with Crippen molar-refractivity contribution < 1.29 is 4.79 Å². The van der Waals surface area contributed by atoms with Gasteiger partial charge in [-0.2, -0.15) is 15.4 Å². The van der Waals surface area contributed by atoms with E-state index in [1.807, 2.05) is 18.2 Å². The van der Waals surface area contributed by atoms with Gasteiger partial charge < -0.3 is 10.6 Å². The molecule has 1 aromatic heterocycles. The van der Waals surface area contributed by atoms with Crippen molar-refractivity contribution in [3.8, 4) is 0 Å². The molecule has 1 atom stereocenters. The number of hydrogen-bond donors (Lipinski definition) is 3. The van der Waals surface area contributed by atoms with Crippen molar-refractivity contribution in [2.24, 2.45) is 0 Å². The lowest BCUT2D eigenvalue weighted by Crippen LogP contribution is -2.43. The molecule has 1 amide bonds. The van der Waals surface area contributed by atoms with Gasteiger partial charge >= 0.3 is 0 Å². The highest BCUT2D eigenvalue weighted by molar-refractivity contribution is 5.96. The molecule has 0 bridgehead atoms. The SMILES string of the molecule is Cl.O=C(Nc1ccc2n[nH]nc2c1)C1CCCCN1. The third-order valence-electron chi connectivity index (χ3n) is 3.21. The Bertz CT molecular complexity index is 564. The number of carbonyl (C=O) groups excluding carboxylic acids is 1. The van der Waals surface area contributed by atoms with Crippen molar-refractivity contribution in [2.45, 2.75) is 25.3 Å².